The van der Waals surface area contributed by atoms with Crippen LogP contribution in [0.2, 0.25) is 0 Å². The standard InChI is InChI=1S/C12H19NO2S/c1-9(12(14)15-4)10(2)13(3)8-11-6-5-7-16-11/h5-7,9-10H,8H2,1-4H3. The lowest BCUT2D eigenvalue weighted by molar-refractivity contribution is -0.146. The summed E-state index contributed by atoms with van der Waals surface area (Å²) in [6.45, 7) is 4.83. The zero-order valence-corrected chi connectivity index (χ0v) is 11.1. The van der Waals surface area contributed by atoms with Gasteiger partial charge >= 0.3 is 5.97 Å². The van der Waals surface area contributed by atoms with E-state index in [0.29, 0.717) is 0 Å². The number of nitrogens with zero attached hydrogens (tertiary/aromatic N) is 1. The maximum Gasteiger partial charge on any atom is 0.309 e. The normalized spacial score (nSPS) is 14.8. The van der Waals surface area contributed by atoms with E-state index in [1.165, 1.54) is 12.0 Å². The van der Waals surface area contributed by atoms with Crippen molar-refractivity contribution >= 4 is 17.3 Å². The first kappa shape index (κ1) is 13.2. The molecule has 1 aromatic heterocycles. The van der Waals surface area contributed by atoms with Crippen LogP contribution in [0.1, 0.15) is 18.7 Å². The molecule has 16 heavy (non-hydrogen) atoms. The van der Waals surface area contributed by atoms with Crippen molar-refractivity contribution in [2.24, 2.45) is 5.92 Å². The Balaban J connectivity index is 2.53. The summed E-state index contributed by atoms with van der Waals surface area (Å²) < 4.78 is 4.76. The summed E-state index contributed by atoms with van der Waals surface area (Å²) >= 11 is 1.74. The zero-order chi connectivity index (χ0) is 12.1. The van der Waals surface area contributed by atoms with E-state index in [9.17, 15) is 4.79 Å². The van der Waals surface area contributed by atoms with Crippen LogP contribution in [0, 0.1) is 5.92 Å². The summed E-state index contributed by atoms with van der Waals surface area (Å²) in [6.07, 6.45) is 0. The van der Waals surface area contributed by atoms with Crippen molar-refractivity contribution in [3.8, 4) is 0 Å². The van der Waals surface area contributed by atoms with Gasteiger partial charge in [-0.25, -0.2) is 0 Å². The Morgan fingerprint density at radius 3 is 2.75 bits per heavy atom. The van der Waals surface area contributed by atoms with E-state index in [4.69, 9.17) is 4.74 Å². The van der Waals surface area contributed by atoms with Gasteiger partial charge in [0.15, 0.2) is 0 Å². The molecule has 2 atom stereocenters. The summed E-state index contributed by atoms with van der Waals surface area (Å²) in [5.41, 5.74) is 0. The lowest BCUT2D eigenvalue weighted by Crippen LogP contribution is -2.37. The van der Waals surface area contributed by atoms with Gasteiger partial charge in [-0.15, -0.1) is 11.3 Å². The third-order valence-electron chi connectivity index (χ3n) is 2.98. The average molecular weight is 241 g/mol. The van der Waals surface area contributed by atoms with Crippen LogP contribution in [0.3, 0.4) is 0 Å². The first-order valence-electron chi connectivity index (χ1n) is 5.36. The molecule has 90 valence electrons. The Kier molecular flexibility index (Phi) is 4.96. The molecule has 0 saturated carbocycles. The Morgan fingerprint density at radius 2 is 2.25 bits per heavy atom. The molecule has 0 N–H and O–H groups in total. The molecule has 0 fully saturated rings. The zero-order valence-electron chi connectivity index (χ0n) is 10.3. The number of hydrogen-bond acceptors (Lipinski definition) is 4. The molecule has 0 bridgehead atoms. The fraction of sp³-hybridized carbons (Fsp3) is 0.583. The van der Waals surface area contributed by atoms with Crippen molar-refractivity contribution in [3.05, 3.63) is 22.4 Å². The van der Waals surface area contributed by atoms with Gasteiger partial charge in [0.1, 0.15) is 0 Å². The van der Waals surface area contributed by atoms with Gasteiger partial charge in [0.25, 0.3) is 0 Å². The second kappa shape index (κ2) is 6.01. The minimum Gasteiger partial charge on any atom is -0.469 e. The van der Waals surface area contributed by atoms with Crippen LogP contribution in [-0.4, -0.2) is 31.1 Å². The van der Waals surface area contributed by atoms with Crippen LogP contribution < -0.4 is 0 Å². The molecule has 0 aliphatic rings. The highest BCUT2D eigenvalue weighted by Gasteiger charge is 2.24. The van der Waals surface area contributed by atoms with Gasteiger partial charge in [0.2, 0.25) is 0 Å². The molecule has 4 heteroatoms. The Morgan fingerprint density at radius 1 is 1.56 bits per heavy atom. The van der Waals surface area contributed by atoms with Crippen LogP contribution >= 0.6 is 11.3 Å². The smallest absolute Gasteiger partial charge is 0.309 e. The molecule has 3 nitrogen and oxygen atoms in total. The SMILES string of the molecule is COC(=O)C(C)C(C)N(C)Cc1cccs1. The molecular formula is C12H19NO2S. The predicted molar refractivity (Wildman–Crippen MR) is 66.4 cm³/mol. The molecule has 0 radical (unpaired) electrons. The van der Waals surface area contributed by atoms with Crippen molar-refractivity contribution in [1.29, 1.82) is 0 Å². The van der Waals surface area contributed by atoms with Crippen LogP contribution in [0.4, 0.5) is 0 Å². The average Bonchev–Trinajstić information content (AvgIpc) is 2.78. The maximum absolute atomic E-state index is 11.4. The molecule has 0 aliphatic heterocycles. The summed E-state index contributed by atoms with van der Waals surface area (Å²) in [7, 11) is 3.47. The molecule has 0 amide bonds. The lowest BCUT2D eigenvalue weighted by Gasteiger charge is -2.27. The number of esters is 1. The minimum absolute atomic E-state index is 0.102. The minimum atomic E-state index is -0.148. The molecule has 0 spiro atoms. The summed E-state index contributed by atoms with van der Waals surface area (Å²) in [6, 6.07) is 4.33. The van der Waals surface area contributed by atoms with Crippen molar-refractivity contribution in [1.82, 2.24) is 4.90 Å². The third-order valence-corrected chi connectivity index (χ3v) is 3.84. The number of carbonyl (C=O) groups is 1. The molecule has 1 aromatic rings. The fourth-order valence-corrected chi connectivity index (χ4v) is 2.32. The number of thiophene rings is 1. The summed E-state index contributed by atoms with van der Waals surface area (Å²) in [4.78, 5) is 14.9. The number of hydrogen-bond donors (Lipinski definition) is 0. The van der Waals surface area contributed by atoms with Gasteiger partial charge in [-0.2, -0.15) is 0 Å². The number of ether oxygens (including phenoxy) is 1. The molecule has 1 rings (SSSR count). The Labute approximate surface area is 101 Å². The van der Waals surface area contributed by atoms with Crippen LogP contribution in [0.5, 0.6) is 0 Å². The molecule has 0 saturated heterocycles. The van der Waals surface area contributed by atoms with Crippen molar-refractivity contribution in [2.75, 3.05) is 14.2 Å². The lowest BCUT2D eigenvalue weighted by atomic mass is 10.0. The maximum atomic E-state index is 11.4. The van der Waals surface area contributed by atoms with E-state index in [-0.39, 0.29) is 17.9 Å². The molecule has 2 unspecified atom stereocenters. The second-order valence-corrected chi connectivity index (χ2v) is 5.08. The van der Waals surface area contributed by atoms with Crippen LogP contribution in [-0.2, 0) is 16.1 Å². The van der Waals surface area contributed by atoms with E-state index in [0.717, 1.165) is 6.54 Å². The third kappa shape index (κ3) is 3.32. The number of carbonyl (C=O) groups excluding carboxylic acids is 1. The first-order chi connectivity index (χ1) is 7.56. The number of methoxy groups -OCH3 is 1. The Hall–Kier alpha value is -0.870. The monoisotopic (exact) mass is 241 g/mol. The van der Waals surface area contributed by atoms with Crippen molar-refractivity contribution in [2.45, 2.75) is 26.4 Å². The van der Waals surface area contributed by atoms with Gasteiger partial charge in [-0.3, -0.25) is 9.69 Å². The van der Waals surface area contributed by atoms with E-state index in [1.54, 1.807) is 11.3 Å². The van der Waals surface area contributed by atoms with Gasteiger partial charge in [0, 0.05) is 17.5 Å². The van der Waals surface area contributed by atoms with Gasteiger partial charge in [0.05, 0.1) is 13.0 Å². The fourth-order valence-electron chi connectivity index (χ4n) is 1.56. The Bertz CT molecular complexity index is 324. The topological polar surface area (TPSA) is 29.5 Å². The number of rotatable bonds is 5. The van der Waals surface area contributed by atoms with E-state index >= 15 is 0 Å². The summed E-state index contributed by atoms with van der Waals surface area (Å²) in [5.74, 6) is -0.250. The highest BCUT2D eigenvalue weighted by Crippen LogP contribution is 2.16. The van der Waals surface area contributed by atoms with Crippen molar-refractivity contribution in [3.63, 3.8) is 0 Å². The van der Waals surface area contributed by atoms with E-state index < -0.39 is 0 Å². The molecule has 1 heterocycles. The summed E-state index contributed by atoms with van der Waals surface area (Å²) in [5, 5.41) is 2.07. The first-order valence-corrected chi connectivity index (χ1v) is 6.24. The van der Waals surface area contributed by atoms with Crippen LogP contribution in [0.15, 0.2) is 17.5 Å². The van der Waals surface area contributed by atoms with Gasteiger partial charge in [-0.05, 0) is 25.4 Å². The predicted octanol–water partition coefficient (Wildman–Crippen LogP) is 2.38. The van der Waals surface area contributed by atoms with E-state index in [2.05, 4.69) is 23.3 Å². The van der Waals surface area contributed by atoms with Gasteiger partial charge in [-0.1, -0.05) is 13.0 Å². The largest absolute Gasteiger partial charge is 0.469 e. The highest BCUT2D eigenvalue weighted by atomic mass is 32.1. The van der Waals surface area contributed by atoms with Crippen molar-refractivity contribution < 1.29 is 9.53 Å². The molecule has 0 aliphatic carbocycles. The van der Waals surface area contributed by atoms with Gasteiger partial charge < -0.3 is 4.74 Å². The second-order valence-electron chi connectivity index (χ2n) is 4.05. The quantitative estimate of drug-likeness (QED) is 0.741. The highest BCUT2D eigenvalue weighted by molar-refractivity contribution is 7.09. The van der Waals surface area contributed by atoms with E-state index in [1.807, 2.05) is 20.0 Å². The van der Waals surface area contributed by atoms with Crippen LogP contribution in [0.25, 0.3) is 0 Å². The molecule has 0 aromatic carbocycles. The molecular weight excluding hydrogens is 222 g/mol.